The lowest BCUT2D eigenvalue weighted by molar-refractivity contribution is 0.598. The van der Waals surface area contributed by atoms with E-state index in [2.05, 4.69) is 15.3 Å². The maximum Gasteiger partial charge on any atom is 0.149 e. The van der Waals surface area contributed by atoms with E-state index in [1.165, 1.54) is 12.6 Å². The van der Waals surface area contributed by atoms with Crippen LogP contribution in [0.3, 0.4) is 0 Å². The highest BCUT2D eigenvalue weighted by atomic mass is 32.2. The summed E-state index contributed by atoms with van der Waals surface area (Å²) in [5.74, 6) is 1.13. The van der Waals surface area contributed by atoms with Crippen LogP contribution in [0.4, 0.5) is 11.6 Å². The molecule has 1 unspecified atom stereocenters. The van der Waals surface area contributed by atoms with Crippen LogP contribution >= 0.6 is 0 Å². The topological polar surface area (TPSA) is 98.0 Å². The zero-order chi connectivity index (χ0) is 13.8. The third-order valence-electron chi connectivity index (χ3n) is 2.41. The molecule has 0 saturated heterocycles. The first-order valence-corrected chi connectivity index (χ1v) is 7.93. The van der Waals surface area contributed by atoms with Crippen LogP contribution in [-0.2, 0) is 16.3 Å². The van der Waals surface area contributed by atoms with E-state index < -0.39 is 9.84 Å². The fraction of sp³-hybridized carbons (Fsp3) is 0.636. The largest absolute Gasteiger partial charge is 0.383 e. The van der Waals surface area contributed by atoms with Crippen molar-refractivity contribution in [3.05, 3.63) is 11.9 Å². The smallest absolute Gasteiger partial charge is 0.149 e. The molecule has 1 aromatic heterocycles. The van der Waals surface area contributed by atoms with Crippen molar-refractivity contribution in [1.29, 1.82) is 0 Å². The molecule has 3 N–H and O–H groups in total. The van der Waals surface area contributed by atoms with Crippen molar-refractivity contribution in [2.45, 2.75) is 32.7 Å². The van der Waals surface area contributed by atoms with Crippen LogP contribution < -0.4 is 11.1 Å². The van der Waals surface area contributed by atoms with E-state index >= 15 is 0 Å². The normalized spacial score (nSPS) is 13.3. The van der Waals surface area contributed by atoms with E-state index in [4.69, 9.17) is 5.73 Å². The number of aromatic nitrogens is 2. The molecule has 0 spiro atoms. The molecule has 0 aliphatic rings. The van der Waals surface area contributed by atoms with Gasteiger partial charge in [0.2, 0.25) is 0 Å². The lowest BCUT2D eigenvalue weighted by Crippen LogP contribution is -2.26. The zero-order valence-corrected chi connectivity index (χ0v) is 11.8. The summed E-state index contributed by atoms with van der Waals surface area (Å²) < 4.78 is 22.4. The second kappa shape index (κ2) is 5.99. The Morgan fingerprint density at radius 2 is 2.11 bits per heavy atom. The van der Waals surface area contributed by atoms with E-state index in [0.717, 1.165) is 18.4 Å². The number of nitrogens with one attached hydrogen (secondary N) is 1. The molecule has 0 aliphatic heterocycles. The number of anilines is 2. The molecule has 6 nitrogen and oxygen atoms in total. The molecule has 0 amide bonds. The highest BCUT2D eigenvalue weighted by Crippen LogP contribution is 2.19. The van der Waals surface area contributed by atoms with Crippen molar-refractivity contribution >= 4 is 21.5 Å². The zero-order valence-electron chi connectivity index (χ0n) is 11.0. The molecular formula is C11H20N4O2S. The summed E-state index contributed by atoms with van der Waals surface area (Å²) in [6, 6.07) is -0.218. The number of rotatable bonds is 6. The molecule has 0 saturated carbocycles. The van der Waals surface area contributed by atoms with Gasteiger partial charge < -0.3 is 11.1 Å². The van der Waals surface area contributed by atoms with Gasteiger partial charge in [-0.3, -0.25) is 0 Å². The number of hydrogen-bond donors (Lipinski definition) is 2. The maximum absolute atomic E-state index is 11.2. The minimum Gasteiger partial charge on any atom is -0.383 e. The van der Waals surface area contributed by atoms with E-state index in [0.29, 0.717) is 11.6 Å². The molecule has 0 radical (unpaired) electrons. The average Bonchev–Trinajstić information content (AvgIpc) is 2.20. The fourth-order valence-electron chi connectivity index (χ4n) is 1.78. The van der Waals surface area contributed by atoms with Crippen LogP contribution in [0.25, 0.3) is 0 Å². The lowest BCUT2D eigenvalue weighted by atomic mass is 10.1. The minimum atomic E-state index is -3.02. The molecule has 1 aromatic rings. The Balaban J connectivity index is 2.87. The monoisotopic (exact) mass is 272 g/mol. The summed E-state index contributed by atoms with van der Waals surface area (Å²) in [5.41, 5.74) is 6.65. The highest BCUT2D eigenvalue weighted by molar-refractivity contribution is 7.90. The summed E-state index contributed by atoms with van der Waals surface area (Å²) in [5, 5.41) is 3.08. The Kier molecular flexibility index (Phi) is 4.89. The van der Waals surface area contributed by atoms with Crippen LogP contribution in [0.2, 0.25) is 0 Å². The minimum absolute atomic E-state index is 0.0580. The van der Waals surface area contributed by atoms with Gasteiger partial charge in [-0.15, -0.1) is 0 Å². The summed E-state index contributed by atoms with van der Waals surface area (Å²) >= 11 is 0. The molecule has 1 atom stereocenters. The molecule has 0 aromatic carbocycles. The van der Waals surface area contributed by atoms with Crippen molar-refractivity contribution in [2.24, 2.45) is 0 Å². The Labute approximate surface area is 108 Å². The molecule has 1 heterocycles. The molecule has 0 fully saturated rings. The quantitative estimate of drug-likeness (QED) is 0.797. The van der Waals surface area contributed by atoms with Gasteiger partial charge in [-0.1, -0.05) is 13.3 Å². The molecule has 7 heteroatoms. The van der Waals surface area contributed by atoms with Gasteiger partial charge in [-0.25, -0.2) is 18.4 Å². The molecular weight excluding hydrogens is 252 g/mol. The third kappa shape index (κ3) is 4.48. The summed E-state index contributed by atoms with van der Waals surface area (Å²) in [6.45, 7) is 3.84. The predicted molar refractivity (Wildman–Crippen MR) is 73.2 cm³/mol. The highest BCUT2D eigenvalue weighted by Gasteiger charge is 2.14. The molecule has 0 bridgehead atoms. The van der Waals surface area contributed by atoms with E-state index in [1.807, 2.05) is 6.92 Å². The third-order valence-corrected chi connectivity index (χ3v) is 3.52. The van der Waals surface area contributed by atoms with Gasteiger partial charge in [0, 0.05) is 17.9 Å². The van der Waals surface area contributed by atoms with Gasteiger partial charge in [-0.2, -0.15) is 0 Å². The Morgan fingerprint density at radius 3 is 2.67 bits per heavy atom. The summed E-state index contributed by atoms with van der Waals surface area (Å²) in [6.07, 6.45) is 4.28. The molecule has 102 valence electrons. The average molecular weight is 272 g/mol. The Morgan fingerprint density at radius 1 is 1.44 bits per heavy atom. The molecule has 18 heavy (non-hydrogen) atoms. The summed E-state index contributed by atoms with van der Waals surface area (Å²) in [7, 11) is -3.02. The second-order valence-corrected chi connectivity index (χ2v) is 6.66. The van der Waals surface area contributed by atoms with Gasteiger partial charge in [0.15, 0.2) is 0 Å². The first-order valence-electron chi connectivity index (χ1n) is 5.87. The van der Waals surface area contributed by atoms with Crippen LogP contribution in [-0.4, -0.2) is 36.4 Å². The second-order valence-electron chi connectivity index (χ2n) is 4.47. The Bertz CT molecular complexity index is 502. The van der Waals surface area contributed by atoms with Crippen LogP contribution in [0.15, 0.2) is 6.33 Å². The molecule has 0 aliphatic carbocycles. The van der Waals surface area contributed by atoms with E-state index in [-0.39, 0.29) is 11.8 Å². The van der Waals surface area contributed by atoms with Gasteiger partial charge >= 0.3 is 0 Å². The van der Waals surface area contributed by atoms with E-state index in [9.17, 15) is 8.42 Å². The van der Waals surface area contributed by atoms with Crippen LogP contribution in [0.1, 0.15) is 25.8 Å². The van der Waals surface area contributed by atoms with Gasteiger partial charge in [-0.05, 0) is 13.3 Å². The van der Waals surface area contributed by atoms with Crippen LogP contribution in [0, 0.1) is 0 Å². The predicted octanol–water partition coefficient (Wildman–Crippen LogP) is 0.856. The van der Waals surface area contributed by atoms with Gasteiger partial charge in [0.1, 0.15) is 27.8 Å². The van der Waals surface area contributed by atoms with Crippen LogP contribution in [0.5, 0.6) is 0 Å². The van der Waals surface area contributed by atoms with Gasteiger partial charge in [0.25, 0.3) is 0 Å². The van der Waals surface area contributed by atoms with E-state index in [1.54, 1.807) is 6.92 Å². The van der Waals surface area contributed by atoms with Crippen molar-refractivity contribution in [3.63, 3.8) is 0 Å². The summed E-state index contributed by atoms with van der Waals surface area (Å²) in [4.78, 5) is 8.08. The van der Waals surface area contributed by atoms with Crippen molar-refractivity contribution < 1.29 is 8.42 Å². The number of hydrogen-bond acceptors (Lipinski definition) is 6. The first-order chi connectivity index (χ1) is 8.33. The molecule has 1 rings (SSSR count). The number of sulfone groups is 1. The standard InChI is InChI=1S/C11H20N4O2S/c1-4-5-9-10(12)13-7-14-11(9)15-8(2)6-18(3,16)17/h7-8H,4-6H2,1-3H3,(H3,12,13,14,15). The fourth-order valence-corrected chi connectivity index (χ4v) is 2.77. The first kappa shape index (κ1) is 14.7. The van der Waals surface area contributed by atoms with Crippen molar-refractivity contribution in [1.82, 2.24) is 9.97 Å². The Hall–Kier alpha value is -1.37. The van der Waals surface area contributed by atoms with Crippen molar-refractivity contribution in [3.8, 4) is 0 Å². The maximum atomic E-state index is 11.2. The number of nitrogen functional groups attached to an aromatic ring is 1. The van der Waals surface area contributed by atoms with Gasteiger partial charge in [0.05, 0.1) is 5.75 Å². The SMILES string of the molecule is CCCc1c(N)ncnc1NC(C)CS(C)(=O)=O. The number of nitrogens with two attached hydrogens (primary N) is 1. The number of nitrogens with zero attached hydrogens (tertiary/aromatic N) is 2. The van der Waals surface area contributed by atoms with Crippen molar-refractivity contribution in [2.75, 3.05) is 23.1 Å². The lowest BCUT2D eigenvalue weighted by Gasteiger charge is -2.16.